The number of nitrogens with two attached hydrogens (primary N) is 2. The van der Waals surface area contributed by atoms with Crippen LogP contribution in [0.2, 0.25) is 0 Å². The Labute approximate surface area is 119 Å². The summed E-state index contributed by atoms with van der Waals surface area (Å²) in [6.07, 6.45) is -4.08. The number of hydrogen-bond donors (Lipinski definition) is 3. The van der Waals surface area contributed by atoms with Crippen LogP contribution < -0.4 is 11.5 Å². The van der Waals surface area contributed by atoms with E-state index < -0.39 is 17.8 Å². The molecule has 0 saturated carbocycles. The largest absolute Gasteiger partial charge is 0.416 e. The molecule has 2 rings (SSSR count). The number of pyridine rings is 1. The van der Waals surface area contributed by atoms with Gasteiger partial charge in [-0.25, -0.2) is 4.98 Å². The van der Waals surface area contributed by atoms with Crippen molar-refractivity contribution in [2.75, 3.05) is 11.5 Å². The molecule has 0 fully saturated rings. The molecular weight excluding hydrogens is 283 g/mol. The van der Waals surface area contributed by atoms with E-state index in [0.717, 1.165) is 18.2 Å². The summed E-state index contributed by atoms with van der Waals surface area (Å²) in [6, 6.07) is 6.07. The summed E-state index contributed by atoms with van der Waals surface area (Å²) < 4.78 is 38.1. The first-order valence-corrected chi connectivity index (χ1v) is 6.12. The summed E-state index contributed by atoms with van der Waals surface area (Å²) in [5, 5.41) is 10.1. The van der Waals surface area contributed by atoms with E-state index in [1.54, 1.807) is 12.1 Å². The van der Waals surface area contributed by atoms with Crippen molar-refractivity contribution in [3.8, 4) is 0 Å². The Morgan fingerprint density at radius 2 is 1.86 bits per heavy atom. The van der Waals surface area contributed by atoms with E-state index >= 15 is 0 Å². The second-order valence-corrected chi connectivity index (χ2v) is 4.65. The number of nitrogen functional groups attached to an aromatic ring is 2. The van der Waals surface area contributed by atoms with Gasteiger partial charge in [-0.15, -0.1) is 0 Å². The van der Waals surface area contributed by atoms with Crippen molar-refractivity contribution in [2.24, 2.45) is 0 Å². The van der Waals surface area contributed by atoms with Gasteiger partial charge in [-0.2, -0.15) is 13.2 Å². The maximum atomic E-state index is 12.7. The topological polar surface area (TPSA) is 85.2 Å². The van der Waals surface area contributed by atoms with Gasteiger partial charge in [0.15, 0.2) is 0 Å². The average molecular weight is 297 g/mol. The molecule has 4 nitrogen and oxygen atoms in total. The number of aliphatic hydroxyl groups excluding tert-OH is 1. The smallest absolute Gasteiger partial charge is 0.398 e. The Morgan fingerprint density at radius 1 is 1.14 bits per heavy atom. The number of hydrogen-bond acceptors (Lipinski definition) is 4. The van der Waals surface area contributed by atoms with Gasteiger partial charge in [0.1, 0.15) is 5.82 Å². The molecule has 0 radical (unpaired) electrons. The number of halogens is 3. The van der Waals surface area contributed by atoms with Crippen molar-refractivity contribution in [2.45, 2.75) is 18.7 Å². The number of aliphatic hydroxyl groups is 1. The summed E-state index contributed by atoms with van der Waals surface area (Å²) in [5.41, 5.74) is 11.1. The predicted octanol–water partition coefficient (Wildman–Crippen LogP) is 2.54. The number of nitrogens with zero attached hydrogens (tertiary/aromatic N) is 1. The first kappa shape index (κ1) is 15.1. The first-order chi connectivity index (χ1) is 9.77. The molecule has 0 aliphatic heterocycles. The molecule has 1 heterocycles. The molecule has 1 atom stereocenters. The molecule has 1 aromatic carbocycles. The van der Waals surface area contributed by atoms with Crippen LogP contribution in [0.5, 0.6) is 0 Å². The third-order valence-electron chi connectivity index (χ3n) is 3.05. The molecule has 1 unspecified atom stereocenters. The van der Waals surface area contributed by atoms with E-state index in [2.05, 4.69) is 4.98 Å². The average Bonchev–Trinajstić information content (AvgIpc) is 2.37. The Kier molecular flexibility index (Phi) is 4.04. The van der Waals surface area contributed by atoms with Gasteiger partial charge in [0.05, 0.1) is 11.7 Å². The SMILES string of the molecule is Nc1cc(CC(O)c2cc(C(F)(F)F)ccc2N)ccn1. The lowest BCUT2D eigenvalue weighted by Crippen LogP contribution is -2.10. The highest BCUT2D eigenvalue weighted by Gasteiger charge is 2.31. The van der Waals surface area contributed by atoms with Gasteiger partial charge in [0, 0.05) is 23.9 Å². The standard InChI is InChI=1S/C14H14F3N3O/c15-14(16,17)9-1-2-11(18)10(7-9)12(21)5-8-3-4-20-13(19)6-8/h1-4,6-7,12,21H,5,18H2,(H2,19,20). The summed E-state index contributed by atoms with van der Waals surface area (Å²) in [6.45, 7) is 0. The van der Waals surface area contributed by atoms with E-state index in [9.17, 15) is 18.3 Å². The molecule has 7 heteroatoms. The number of rotatable bonds is 3. The van der Waals surface area contributed by atoms with Crippen LogP contribution >= 0.6 is 0 Å². The quantitative estimate of drug-likeness (QED) is 0.760. The molecule has 0 bridgehead atoms. The van der Waals surface area contributed by atoms with Gasteiger partial charge in [-0.05, 0) is 35.9 Å². The van der Waals surface area contributed by atoms with E-state index in [1.807, 2.05) is 0 Å². The number of aromatic nitrogens is 1. The fourth-order valence-electron chi connectivity index (χ4n) is 1.99. The van der Waals surface area contributed by atoms with Crippen molar-refractivity contribution in [1.82, 2.24) is 4.98 Å². The molecule has 112 valence electrons. The second kappa shape index (κ2) is 5.61. The molecule has 1 aromatic heterocycles. The fraction of sp³-hybridized carbons (Fsp3) is 0.214. The molecule has 0 spiro atoms. The second-order valence-electron chi connectivity index (χ2n) is 4.65. The van der Waals surface area contributed by atoms with Crippen molar-refractivity contribution >= 4 is 11.5 Å². The number of alkyl halides is 3. The zero-order valence-corrected chi connectivity index (χ0v) is 10.9. The van der Waals surface area contributed by atoms with Crippen LogP contribution in [0.3, 0.4) is 0 Å². The van der Waals surface area contributed by atoms with Gasteiger partial charge in [-0.3, -0.25) is 0 Å². The molecule has 21 heavy (non-hydrogen) atoms. The summed E-state index contributed by atoms with van der Waals surface area (Å²) in [5.74, 6) is 0.275. The minimum atomic E-state index is -4.48. The normalized spacial score (nSPS) is 13.1. The van der Waals surface area contributed by atoms with Gasteiger partial charge < -0.3 is 16.6 Å². The summed E-state index contributed by atoms with van der Waals surface area (Å²) >= 11 is 0. The zero-order valence-electron chi connectivity index (χ0n) is 10.9. The third-order valence-corrected chi connectivity index (χ3v) is 3.05. The first-order valence-electron chi connectivity index (χ1n) is 6.12. The van der Waals surface area contributed by atoms with Crippen LogP contribution in [0, 0.1) is 0 Å². The minimum Gasteiger partial charge on any atom is -0.398 e. The molecule has 0 saturated heterocycles. The van der Waals surface area contributed by atoms with Crippen LogP contribution in [-0.2, 0) is 12.6 Å². The van der Waals surface area contributed by atoms with Crippen LogP contribution in [0.15, 0.2) is 36.5 Å². The molecule has 2 aromatic rings. The lowest BCUT2D eigenvalue weighted by atomic mass is 9.98. The lowest BCUT2D eigenvalue weighted by Gasteiger charge is -2.16. The van der Waals surface area contributed by atoms with E-state index in [1.165, 1.54) is 6.20 Å². The van der Waals surface area contributed by atoms with E-state index in [4.69, 9.17) is 11.5 Å². The summed E-state index contributed by atoms with van der Waals surface area (Å²) in [4.78, 5) is 3.81. The van der Waals surface area contributed by atoms with E-state index in [0.29, 0.717) is 5.56 Å². The fourth-order valence-corrected chi connectivity index (χ4v) is 1.99. The van der Waals surface area contributed by atoms with Crippen LogP contribution in [-0.4, -0.2) is 10.1 Å². The van der Waals surface area contributed by atoms with Crippen LogP contribution in [0.4, 0.5) is 24.7 Å². The van der Waals surface area contributed by atoms with Crippen molar-refractivity contribution in [1.29, 1.82) is 0 Å². The van der Waals surface area contributed by atoms with Gasteiger partial charge in [-0.1, -0.05) is 0 Å². The van der Waals surface area contributed by atoms with Gasteiger partial charge >= 0.3 is 6.18 Å². The molecule has 0 amide bonds. The van der Waals surface area contributed by atoms with Crippen LogP contribution in [0.25, 0.3) is 0 Å². The van der Waals surface area contributed by atoms with Gasteiger partial charge in [0.2, 0.25) is 0 Å². The Hall–Kier alpha value is -2.28. The zero-order chi connectivity index (χ0) is 15.6. The Bertz CT molecular complexity index is 644. The maximum Gasteiger partial charge on any atom is 0.416 e. The third kappa shape index (κ3) is 3.63. The molecule has 0 aliphatic rings. The maximum absolute atomic E-state index is 12.7. The highest BCUT2D eigenvalue weighted by molar-refractivity contribution is 5.51. The molecular formula is C14H14F3N3O. The van der Waals surface area contributed by atoms with Gasteiger partial charge in [0.25, 0.3) is 0 Å². The van der Waals surface area contributed by atoms with Crippen molar-refractivity contribution in [3.63, 3.8) is 0 Å². The monoisotopic (exact) mass is 297 g/mol. The molecule has 5 N–H and O–H groups in total. The lowest BCUT2D eigenvalue weighted by molar-refractivity contribution is -0.137. The van der Waals surface area contributed by atoms with E-state index in [-0.39, 0.29) is 23.5 Å². The number of anilines is 2. The minimum absolute atomic E-state index is 0.0419. The van der Waals surface area contributed by atoms with Crippen LogP contribution in [0.1, 0.15) is 22.8 Å². The summed E-state index contributed by atoms with van der Waals surface area (Å²) in [7, 11) is 0. The number of benzene rings is 1. The highest BCUT2D eigenvalue weighted by atomic mass is 19.4. The Morgan fingerprint density at radius 3 is 2.48 bits per heavy atom. The van der Waals surface area contributed by atoms with Crippen molar-refractivity contribution in [3.05, 3.63) is 53.2 Å². The highest BCUT2D eigenvalue weighted by Crippen LogP contribution is 2.33. The predicted molar refractivity (Wildman–Crippen MR) is 73.2 cm³/mol. The van der Waals surface area contributed by atoms with Crippen molar-refractivity contribution < 1.29 is 18.3 Å². The molecule has 0 aliphatic carbocycles. The Balaban J connectivity index is 2.28.